The molecule has 4 heteroatoms. The van der Waals surface area contributed by atoms with Crippen LogP contribution in [0.15, 0.2) is 18.7 Å². The van der Waals surface area contributed by atoms with Crippen LogP contribution in [0.2, 0.25) is 0 Å². The predicted octanol–water partition coefficient (Wildman–Crippen LogP) is 3.38. The molecule has 0 atom stereocenters. The molecule has 0 amide bonds. The topological polar surface area (TPSA) is 9.23 Å². The second-order valence-electron chi connectivity index (χ2n) is 2.70. The van der Waals surface area contributed by atoms with E-state index < -0.39 is 11.6 Å². The Labute approximate surface area is 89.5 Å². The van der Waals surface area contributed by atoms with Crippen molar-refractivity contribution < 1.29 is 13.5 Å². The summed E-state index contributed by atoms with van der Waals surface area (Å²) >= 11 is 3.15. The molecule has 0 unspecified atom stereocenters. The van der Waals surface area contributed by atoms with Crippen LogP contribution in [-0.4, -0.2) is 12.4 Å². The molecule has 76 valence electrons. The van der Waals surface area contributed by atoms with Crippen LogP contribution in [0.5, 0.6) is 5.75 Å². The second kappa shape index (κ2) is 4.55. The lowest BCUT2D eigenvalue weighted by atomic mass is 10.1. The van der Waals surface area contributed by atoms with Crippen molar-refractivity contribution in [1.29, 1.82) is 0 Å². The highest BCUT2D eigenvalue weighted by Gasteiger charge is 2.13. The van der Waals surface area contributed by atoms with Gasteiger partial charge in [0, 0.05) is 17.5 Å². The fraction of sp³-hybridized carbons (Fsp3) is 0.200. The predicted molar refractivity (Wildman–Crippen MR) is 55.7 cm³/mol. The van der Waals surface area contributed by atoms with Gasteiger partial charge in [0.15, 0.2) is 0 Å². The van der Waals surface area contributed by atoms with E-state index in [4.69, 9.17) is 4.74 Å². The molecule has 0 bridgehead atoms. The first-order valence-corrected chi connectivity index (χ1v) is 4.99. The zero-order chi connectivity index (χ0) is 10.7. The Morgan fingerprint density at radius 3 is 2.64 bits per heavy atom. The number of allylic oxidation sites excluding steroid dienone is 1. The van der Waals surface area contributed by atoms with E-state index in [9.17, 15) is 8.78 Å². The Hall–Kier alpha value is -0.900. The number of ether oxygens (including phenoxy) is 1. The van der Waals surface area contributed by atoms with Crippen LogP contribution >= 0.6 is 15.9 Å². The van der Waals surface area contributed by atoms with E-state index >= 15 is 0 Å². The van der Waals surface area contributed by atoms with Crippen molar-refractivity contribution in [1.82, 2.24) is 0 Å². The maximum atomic E-state index is 13.3. The maximum absolute atomic E-state index is 13.3. The zero-order valence-corrected chi connectivity index (χ0v) is 9.20. The molecule has 0 spiro atoms. The summed E-state index contributed by atoms with van der Waals surface area (Å²) in [5, 5.41) is 0.409. The lowest BCUT2D eigenvalue weighted by Gasteiger charge is -2.10. The van der Waals surface area contributed by atoms with Gasteiger partial charge in [0.25, 0.3) is 0 Å². The van der Waals surface area contributed by atoms with Crippen molar-refractivity contribution in [3.8, 4) is 5.75 Å². The third-order valence-corrected chi connectivity index (χ3v) is 2.43. The molecule has 0 N–H and O–H groups in total. The van der Waals surface area contributed by atoms with Crippen molar-refractivity contribution in [2.24, 2.45) is 0 Å². The molecule has 0 aromatic heterocycles. The largest absolute Gasteiger partial charge is 0.496 e. The van der Waals surface area contributed by atoms with Crippen molar-refractivity contribution in [2.45, 2.75) is 0 Å². The highest BCUT2D eigenvalue weighted by molar-refractivity contribution is 9.09. The standard InChI is InChI=1S/C10H9BrF2O/c1-6(5-11)10-8(13)3-7(12)4-9(10)14-2/h3-4H,1,5H2,2H3. The lowest BCUT2D eigenvalue weighted by Crippen LogP contribution is -1.97. The molecule has 1 aromatic carbocycles. The molecule has 0 aliphatic carbocycles. The van der Waals surface area contributed by atoms with E-state index in [1.807, 2.05) is 0 Å². The summed E-state index contributed by atoms with van der Waals surface area (Å²) in [5.41, 5.74) is 0.727. The molecule has 0 saturated heterocycles. The highest BCUT2D eigenvalue weighted by atomic mass is 79.9. The van der Waals surface area contributed by atoms with Gasteiger partial charge < -0.3 is 4.74 Å². The van der Waals surface area contributed by atoms with E-state index in [2.05, 4.69) is 22.5 Å². The second-order valence-corrected chi connectivity index (χ2v) is 3.26. The van der Waals surface area contributed by atoms with Gasteiger partial charge in [-0.05, 0) is 5.57 Å². The summed E-state index contributed by atoms with van der Waals surface area (Å²) in [6, 6.07) is 1.94. The first-order chi connectivity index (χ1) is 6.60. The van der Waals surface area contributed by atoms with Crippen LogP contribution in [0.3, 0.4) is 0 Å². The molecule has 0 aliphatic rings. The number of hydrogen-bond acceptors (Lipinski definition) is 1. The smallest absolute Gasteiger partial charge is 0.137 e. The molecular weight excluding hydrogens is 254 g/mol. The molecular formula is C10H9BrF2O. The van der Waals surface area contributed by atoms with Crippen molar-refractivity contribution in [3.05, 3.63) is 35.9 Å². The van der Waals surface area contributed by atoms with E-state index in [1.165, 1.54) is 7.11 Å². The molecule has 0 aliphatic heterocycles. The first kappa shape index (κ1) is 11.2. The van der Waals surface area contributed by atoms with Gasteiger partial charge in [-0.15, -0.1) is 0 Å². The van der Waals surface area contributed by atoms with Crippen molar-refractivity contribution in [2.75, 3.05) is 12.4 Å². The summed E-state index contributed by atoms with van der Waals surface area (Å²) < 4.78 is 31.0. The molecule has 14 heavy (non-hydrogen) atoms. The van der Waals surface area contributed by atoms with Crippen LogP contribution < -0.4 is 4.74 Å². The van der Waals surface area contributed by atoms with Gasteiger partial charge in [0.2, 0.25) is 0 Å². The van der Waals surface area contributed by atoms with Gasteiger partial charge in [-0.2, -0.15) is 0 Å². The number of benzene rings is 1. The van der Waals surface area contributed by atoms with E-state index in [-0.39, 0.29) is 11.3 Å². The van der Waals surface area contributed by atoms with Crippen LogP contribution in [0, 0.1) is 11.6 Å². The van der Waals surface area contributed by atoms with Gasteiger partial charge >= 0.3 is 0 Å². The Balaban J connectivity index is 3.32. The third kappa shape index (κ3) is 2.12. The summed E-state index contributed by atoms with van der Waals surface area (Å²) in [7, 11) is 1.36. The molecule has 1 aromatic rings. The van der Waals surface area contributed by atoms with Gasteiger partial charge in [-0.1, -0.05) is 22.5 Å². The molecule has 0 radical (unpaired) electrons. The summed E-state index contributed by atoms with van der Waals surface area (Å²) in [6.07, 6.45) is 0. The fourth-order valence-electron chi connectivity index (χ4n) is 1.12. The Bertz CT molecular complexity index is 363. The van der Waals surface area contributed by atoms with Crippen LogP contribution in [0.4, 0.5) is 8.78 Å². The Morgan fingerprint density at radius 2 is 2.14 bits per heavy atom. The zero-order valence-electron chi connectivity index (χ0n) is 7.61. The fourth-order valence-corrected chi connectivity index (χ4v) is 1.40. The van der Waals surface area contributed by atoms with Gasteiger partial charge in [0.1, 0.15) is 17.4 Å². The van der Waals surface area contributed by atoms with E-state index in [0.29, 0.717) is 10.9 Å². The minimum Gasteiger partial charge on any atom is -0.496 e. The quantitative estimate of drug-likeness (QED) is 0.759. The van der Waals surface area contributed by atoms with Gasteiger partial charge in [-0.25, -0.2) is 8.78 Å². The SMILES string of the molecule is C=C(CBr)c1c(F)cc(F)cc1OC. The van der Waals surface area contributed by atoms with Crippen LogP contribution in [-0.2, 0) is 0 Å². The molecule has 0 saturated carbocycles. The maximum Gasteiger partial charge on any atom is 0.137 e. The van der Waals surface area contributed by atoms with Crippen molar-refractivity contribution >= 4 is 21.5 Å². The number of hydrogen-bond donors (Lipinski definition) is 0. The number of methoxy groups -OCH3 is 1. The lowest BCUT2D eigenvalue weighted by molar-refractivity contribution is 0.405. The summed E-state index contributed by atoms with van der Waals surface area (Å²) in [6.45, 7) is 3.65. The van der Waals surface area contributed by atoms with Gasteiger partial charge in [0.05, 0.1) is 12.7 Å². The van der Waals surface area contributed by atoms with E-state index in [0.717, 1.165) is 12.1 Å². The first-order valence-electron chi connectivity index (χ1n) is 3.87. The Morgan fingerprint density at radius 1 is 1.50 bits per heavy atom. The number of rotatable bonds is 3. The molecule has 1 nitrogen and oxygen atoms in total. The average Bonchev–Trinajstić information content (AvgIpc) is 2.15. The highest BCUT2D eigenvalue weighted by Crippen LogP contribution is 2.29. The molecule has 0 fully saturated rings. The normalized spacial score (nSPS) is 10.0. The average molecular weight is 263 g/mol. The van der Waals surface area contributed by atoms with Gasteiger partial charge in [-0.3, -0.25) is 0 Å². The van der Waals surface area contributed by atoms with Crippen LogP contribution in [0.1, 0.15) is 5.56 Å². The number of alkyl halides is 1. The molecule has 0 heterocycles. The van der Waals surface area contributed by atoms with E-state index in [1.54, 1.807) is 0 Å². The molecule has 1 rings (SSSR count). The minimum absolute atomic E-state index is 0.159. The Kier molecular flexibility index (Phi) is 3.63. The summed E-state index contributed by atoms with van der Waals surface area (Å²) in [5.74, 6) is -1.16. The minimum atomic E-state index is -0.662. The number of halogens is 3. The van der Waals surface area contributed by atoms with Crippen LogP contribution in [0.25, 0.3) is 5.57 Å². The van der Waals surface area contributed by atoms with Crippen molar-refractivity contribution in [3.63, 3.8) is 0 Å². The summed E-state index contributed by atoms with van der Waals surface area (Å²) in [4.78, 5) is 0. The monoisotopic (exact) mass is 262 g/mol. The third-order valence-electron chi connectivity index (χ3n) is 1.75.